The molecule has 1 aromatic carbocycles. The van der Waals surface area contributed by atoms with Gasteiger partial charge in [-0.2, -0.15) is 8.42 Å². The molecule has 0 aliphatic carbocycles. The average molecular weight is 272 g/mol. The summed E-state index contributed by atoms with van der Waals surface area (Å²) in [6, 6.07) is 2.53. The molecule has 0 radical (unpaired) electrons. The van der Waals surface area contributed by atoms with Crippen molar-refractivity contribution in [3.05, 3.63) is 18.2 Å². The Balaban J connectivity index is 3.32. The predicted molar refractivity (Wildman–Crippen MR) is 49.5 cm³/mol. The van der Waals surface area contributed by atoms with Crippen molar-refractivity contribution in [1.82, 2.24) is 0 Å². The van der Waals surface area contributed by atoms with Crippen LogP contribution in [-0.4, -0.2) is 26.4 Å². The van der Waals surface area contributed by atoms with E-state index in [2.05, 4.69) is 9.47 Å². The lowest BCUT2D eigenvalue weighted by molar-refractivity contribution is -0.275. The second kappa shape index (κ2) is 4.41. The number of hydrogen-bond donors (Lipinski definition) is 1. The molecule has 0 aromatic heterocycles. The maximum absolute atomic E-state index is 12.0. The van der Waals surface area contributed by atoms with Crippen LogP contribution >= 0.6 is 0 Å². The monoisotopic (exact) mass is 272 g/mol. The van der Waals surface area contributed by atoms with Gasteiger partial charge in [-0.3, -0.25) is 4.55 Å². The molecule has 17 heavy (non-hydrogen) atoms. The smallest absolute Gasteiger partial charge is 0.497 e. The number of halogens is 3. The Bertz CT molecular complexity index is 508. The average Bonchev–Trinajstić information content (AvgIpc) is 2.13. The van der Waals surface area contributed by atoms with Crippen LogP contribution in [0.4, 0.5) is 13.2 Å². The van der Waals surface area contributed by atoms with E-state index in [-0.39, 0.29) is 5.75 Å². The number of alkyl halides is 3. The van der Waals surface area contributed by atoms with Crippen LogP contribution in [0.25, 0.3) is 0 Å². The van der Waals surface area contributed by atoms with E-state index >= 15 is 0 Å². The molecule has 0 unspecified atom stereocenters. The van der Waals surface area contributed by atoms with Crippen LogP contribution in [0.1, 0.15) is 0 Å². The van der Waals surface area contributed by atoms with Crippen molar-refractivity contribution in [2.75, 3.05) is 7.11 Å². The number of rotatable bonds is 3. The first-order chi connectivity index (χ1) is 7.63. The molecule has 96 valence electrons. The summed E-state index contributed by atoms with van der Waals surface area (Å²) in [7, 11) is -3.63. The summed E-state index contributed by atoms with van der Waals surface area (Å²) in [5.41, 5.74) is 0. The highest BCUT2D eigenvalue weighted by Gasteiger charge is 2.34. The van der Waals surface area contributed by atoms with Crippen LogP contribution in [0, 0.1) is 0 Å². The second-order valence-corrected chi connectivity index (χ2v) is 4.23. The first-order valence-corrected chi connectivity index (χ1v) is 5.49. The van der Waals surface area contributed by atoms with Gasteiger partial charge in [-0.25, -0.2) is 0 Å². The van der Waals surface area contributed by atoms with E-state index < -0.39 is 27.1 Å². The zero-order valence-corrected chi connectivity index (χ0v) is 9.17. The SMILES string of the molecule is COc1ccc(S(=O)(=O)O)c(OC(F)(F)F)c1. The molecule has 0 saturated carbocycles. The molecule has 9 heteroatoms. The molecule has 0 fully saturated rings. The van der Waals surface area contributed by atoms with Crippen molar-refractivity contribution in [1.29, 1.82) is 0 Å². The lowest BCUT2D eigenvalue weighted by Crippen LogP contribution is -2.19. The zero-order chi connectivity index (χ0) is 13.3. The maximum Gasteiger partial charge on any atom is 0.573 e. The van der Waals surface area contributed by atoms with E-state index in [1.54, 1.807) is 0 Å². The van der Waals surface area contributed by atoms with Gasteiger partial charge in [-0.05, 0) is 12.1 Å². The highest BCUT2D eigenvalue weighted by atomic mass is 32.2. The first-order valence-electron chi connectivity index (χ1n) is 4.05. The van der Waals surface area contributed by atoms with E-state index in [9.17, 15) is 21.6 Å². The van der Waals surface area contributed by atoms with E-state index in [1.807, 2.05) is 0 Å². The zero-order valence-electron chi connectivity index (χ0n) is 8.35. The van der Waals surface area contributed by atoms with Crippen LogP contribution in [0.15, 0.2) is 23.1 Å². The third-order valence-corrected chi connectivity index (χ3v) is 2.55. The fourth-order valence-corrected chi connectivity index (χ4v) is 1.63. The summed E-state index contributed by atoms with van der Waals surface area (Å²) >= 11 is 0. The lowest BCUT2D eigenvalue weighted by Gasteiger charge is -2.12. The van der Waals surface area contributed by atoms with Gasteiger partial charge in [0.2, 0.25) is 0 Å². The van der Waals surface area contributed by atoms with Crippen molar-refractivity contribution in [2.24, 2.45) is 0 Å². The van der Waals surface area contributed by atoms with Crippen molar-refractivity contribution in [3.8, 4) is 11.5 Å². The highest BCUT2D eigenvalue weighted by Crippen LogP contribution is 2.32. The standard InChI is InChI=1S/C8H7F3O5S/c1-15-5-2-3-7(17(12,13)14)6(4-5)16-8(9,10)11/h2-4H,1H3,(H,12,13,14). The summed E-state index contributed by atoms with van der Waals surface area (Å²) in [6.45, 7) is 0. The Kier molecular flexibility index (Phi) is 3.53. The molecule has 0 atom stereocenters. The van der Waals surface area contributed by atoms with Crippen LogP contribution in [0.2, 0.25) is 0 Å². The van der Waals surface area contributed by atoms with Gasteiger partial charge in [0, 0.05) is 6.07 Å². The Morgan fingerprint density at radius 2 is 1.88 bits per heavy atom. The number of ether oxygens (including phenoxy) is 2. The predicted octanol–water partition coefficient (Wildman–Crippen LogP) is 1.84. The topological polar surface area (TPSA) is 72.8 Å². The Morgan fingerprint density at radius 3 is 2.29 bits per heavy atom. The normalized spacial score (nSPS) is 12.3. The summed E-state index contributed by atoms with van der Waals surface area (Å²) in [4.78, 5) is -0.990. The van der Waals surface area contributed by atoms with Gasteiger partial charge in [0.15, 0.2) is 5.75 Å². The third-order valence-electron chi connectivity index (χ3n) is 1.65. The molecule has 0 heterocycles. The third kappa shape index (κ3) is 3.79. The van der Waals surface area contributed by atoms with Gasteiger partial charge in [0.25, 0.3) is 10.1 Å². The molecule has 5 nitrogen and oxygen atoms in total. The minimum Gasteiger partial charge on any atom is -0.497 e. The van der Waals surface area contributed by atoms with Crippen LogP contribution < -0.4 is 9.47 Å². The highest BCUT2D eigenvalue weighted by molar-refractivity contribution is 7.86. The maximum atomic E-state index is 12.0. The van der Waals surface area contributed by atoms with Gasteiger partial charge in [-0.15, -0.1) is 13.2 Å². The van der Waals surface area contributed by atoms with Crippen LogP contribution in [0.3, 0.4) is 0 Å². The molecule has 0 spiro atoms. The molecule has 0 aliphatic heterocycles. The Labute approximate surface area is 94.5 Å². The summed E-state index contributed by atoms with van der Waals surface area (Å²) in [5.74, 6) is -1.10. The quantitative estimate of drug-likeness (QED) is 0.850. The van der Waals surface area contributed by atoms with Crippen LogP contribution in [0.5, 0.6) is 11.5 Å². The largest absolute Gasteiger partial charge is 0.573 e. The summed E-state index contributed by atoms with van der Waals surface area (Å²) in [6.07, 6.45) is -5.08. The molecule has 0 aliphatic rings. The molecule has 1 N–H and O–H groups in total. The summed E-state index contributed by atoms with van der Waals surface area (Å²) in [5, 5.41) is 0. The van der Waals surface area contributed by atoms with Crippen molar-refractivity contribution in [2.45, 2.75) is 11.3 Å². The van der Waals surface area contributed by atoms with Gasteiger partial charge < -0.3 is 9.47 Å². The number of hydrogen-bond acceptors (Lipinski definition) is 4. The van der Waals surface area contributed by atoms with Gasteiger partial charge >= 0.3 is 6.36 Å². The van der Waals surface area contributed by atoms with E-state index in [0.717, 1.165) is 12.1 Å². The molecule has 0 amide bonds. The lowest BCUT2D eigenvalue weighted by atomic mass is 10.3. The van der Waals surface area contributed by atoms with E-state index in [0.29, 0.717) is 6.07 Å². The summed E-state index contributed by atoms with van der Waals surface area (Å²) < 4.78 is 74.4. The molecule has 1 rings (SSSR count). The number of benzene rings is 1. The molecular formula is C8H7F3O5S. The first kappa shape index (κ1) is 13.6. The fourth-order valence-electron chi connectivity index (χ4n) is 1.03. The van der Waals surface area contributed by atoms with E-state index in [4.69, 9.17) is 4.55 Å². The molecular weight excluding hydrogens is 265 g/mol. The van der Waals surface area contributed by atoms with Crippen molar-refractivity contribution < 1.29 is 35.6 Å². The molecule has 0 saturated heterocycles. The number of methoxy groups -OCH3 is 1. The van der Waals surface area contributed by atoms with Crippen molar-refractivity contribution >= 4 is 10.1 Å². The van der Waals surface area contributed by atoms with Gasteiger partial charge in [-0.1, -0.05) is 0 Å². The second-order valence-electron chi connectivity index (χ2n) is 2.84. The van der Waals surface area contributed by atoms with Gasteiger partial charge in [0.1, 0.15) is 10.6 Å². The van der Waals surface area contributed by atoms with Crippen LogP contribution in [-0.2, 0) is 10.1 Å². The van der Waals surface area contributed by atoms with E-state index in [1.165, 1.54) is 7.11 Å². The minimum absolute atomic E-state index is 0.0448. The Hall–Kier alpha value is -1.48. The van der Waals surface area contributed by atoms with Crippen molar-refractivity contribution in [3.63, 3.8) is 0 Å². The molecule has 0 bridgehead atoms. The fraction of sp³-hybridized carbons (Fsp3) is 0.250. The molecule has 1 aromatic rings. The van der Waals surface area contributed by atoms with Gasteiger partial charge in [0.05, 0.1) is 7.11 Å². The minimum atomic E-state index is -5.08. The Morgan fingerprint density at radius 1 is 1.29 bits per heavy atom.